The van der Waals surface area contributed by atoms with Crippen molar-refractivity contribution in [3.63, 3.8) is 0 Å². The molecule has 2 N–H and O–H groups in total. The number of carbonyl (C=O) groups excluding carboxylic acids is 1. The summed E-state index contributed by atoms with van der Waals surface area (Å²) in [5, 5.41) is 2.75. The number of H-pyrrole nitrogens is 1. The fraction of sp³-hybridized carbons (Fsp3) is 0.240. The number of aromatic amines is 1. The highest BCUT2D eigenvalue weighted by molar-refractivity contribution is 6.30. The normalized spacial score (nSPS) is 14.8. The Bertz CT molecular complexity index is 1400. The van der Waals surface area contributed by atoms with Gasteiger partial charge >= 0.3 is 6.18 Å². The fourth-order valence-corrected chi connectivity index (χ4v) is 4.25. The zero-order chi connectivity index (χ0) is 25.3. The Balaban J connectivity index is 1.38. The fourth-order valence-electron chi connectivity index (χ4n) is 4.08. The van der Waals surface area contributed by atoms with Crippen molar-refractivity contribution in [2.24, 2.45) is 0 Å². The molecule has 2 aromatic carbocycles. The highest BCUT2D eigenvalue weighted by atomic mass is 35.5. The van der Waals surface area contributed by atoms with E-state index in [1.165, 1.54) is 12.1 Å². The second kappa shape index (κ2) is 9.88. The average Bonchev–Trinajstić information content (AvgIpc) is 3.29. The van der Waals surface area contributed by atoms with Gasteiger partial charge in [-0.2, -0.15) is 13.2 Å². The number of hydrogen-bond acceptors (Lipinski definition) is 5. The number of para-hydroxylation sites is 1. The lowest BCUT2D eigenvalue weighted by atomic mass is 10.1. The highest BCUT2D eigenvalue weighted by Gasteiger charge is 2.35. The summed E-state index contributed by atoms with van der Waals surface area (Å²) in [6.45, 7) is 3.78. The summed E-state index contributed by atoms with van der Waals surface area (Å²) >= 11 is 5.80. The minimum Gasteiger partial charge on any atom is -0.379 e. The molecule has 0 atom stereocenters. The van der Waals surface area contributed by atoms with Gasteiger partial charge in [0.15, 0.2) is 0 Å². The van der Waals surface area contributed by atoms with E-state index in [-0.39, 0.29) is 27.5 Å². The number of halogens is 4. The first kappa shape index (κ1) is 24.2. The zero-order valence-electron chi connectivity index (χ0n) is 18.9. The van der Waals surface area contributed by atoms with E-state index in [0.717, 1.165) is 24.8 Å². The molecule has 1 aliphatic heterocycles. The molecule has 0 saturated carbocycles. The quantitative estimate of drug-likeness (QED) is 0.373. The largest absolute Gasteiger partial charge is 0.417 e. The van der Waals surface area contributed by atoms with Crippen LogP contribution < -0.4 is 5.32 Å². The lowest BCUT2D eigenvalue weighted by Gasteiger charge is -2.26. The number of alkyl halides is 3. The van der Waals surface area contributed by atoms with Crippen molar-refractivity contribution < 1.29 is 22.7 Å². The molecule has 2 aromatic heterocycles. The number of benzene rings is 2. The number of amides is 1. The number of fused-ring (bicyclic) bond motifs is 1. The molecule has 36 heavy (non-hydrogen) atoms. The van der Waals surface area contributed by atoms with E-state index in [1.807, 2.05) is 6.07 Å². The minimum atomic E-state index is -4.62. The SMILES string of the molecule is O=C(Nc1ccc(CN2CCOCC2)nc1)c1cccc2[nH]c(-c3ccc(Cl)cc3C(F)(F)F)nc12. The van der Waals surface area contributed by atoms with E-state index in [1.54, 1.807) is 30.5 Å². The van der Waals surface area contributed by atoms with Gasteiger partial charge in [0.2, 0.25) is 0 Å². The van der Waals surface area contributed by atoms with Gasteiger partial charge < -0.3 is 15.0 Å². The van der Waals surface area contributed by atoms with Crippen LogP contribution in [0.3, 0.4) is 0 Å². The lowest BCUT2D eigenvalue weighted by Crippen LogP contribution is -2.35. The van der Waals surface area contributed by atoms with Crippen molar-refractivity contribution in [1.82, 2.24) is 19.9 Å². The van der Waals surface area contributed by atoms with Crippen LogP contribution in [0, 0.1) is 0 Å². The van der Waals surface area contributed by atoms with Gasteiger partial charge in [0.1, 0.15) is 11.3 Å². The molecule has 4 aromatic rings. The van der Waals surface area contributed by atoms with Gasteiger partial charge in [0.25, 0.3) is 5.91 Å². The molecule has 1 aliphatic rings. The van der Waals surface area contributed by atoms with Crippen LogP contribution in [-0.2, 0) is 17.5 Å². The van der Waals surface area contributed by atoms with Crippen molar-refractivity contribution in [1.29, 1.82) is 0 Å². The summed E-state index contributed by atoms with van der Waals surface area (Å²) < 4.78 is 46.2. The summed E-state index contributed by atoms with van der Waals surface area (Å²) in [6, 6.07) is 11.9. The van der Waals surface area contributed by atoms with E-state index in [0.29, 0.717) is 31.0 Å². The summed E-state index contributed by atoms with van der Waals surface area (Å²) in [4.78, 5) is 26.9. The Morgan fingerprint density at radius 1 is 1.14 bits per heavy atom. The van der Waals surface area contributed by atoms with Crippen LogP contribution in [-0.4, -0.2) is 52.1 Å². The van der Waals surface area contributed by atoms with Crippen molar-refractivity contribution >= 4 is 34.2 Å². The number of hydrogen-bond donors (Lipinski definition) is 2. The third kappa shape index (κ3) is 5.20. The first-order chi connectivity index (χ1) is 17.3. The van der Waals surface area contributed by atoms with Crippen LogP contribution in [0.1, 0.15) is 21.6 Å². The molecule has 0 aliphatic carbocycles. The molecule has 11 heteroatoms. The number of imidazole rings is 1. The molecule has 1 saturated heterocycles. The molecular weight excluding hydrogens is 495 g/mol. The standard InChI is InChI=1S/C25H21ClF3N5O2/c26-15-4-7-18(20(12-15)25(27,28)29)23-32-21-3-1-2-19(22(21)33-23)24(35)31-16-5-6-17(30-13-16)14-34-8-10-36-11-9-34/h1-7,12-13H,8-11,14H2,(H,31,35)(H,32,33). The van der Waals surface area contributed by atoms with Gasteiger partial charge in [-0.05, 0) is 42.5 Å². The van der Waals surface area contributed by atoms with E-state index in [2.05, 4.69) is 25.2 Å². The Morgan fingerprint density at radius 3 is 2.67 bits per heavy atom. The first-order valence-electron chi connectivity index (χ1n) is 11.2. The Morgan fingerprint density at radius 2 is 1.94 bits per heavy atom. The van der Waals surface area contributed by atoms with Gasteiger partial charge in [0, 0.05) is 30.2 Å². The average molecular weight is 516 g/mol. The Hall–Kier alpha value is -3.47. The van der Waals surface area contributed by atoms with Crippen LogP contribution >= 0.6 is 11.6 Å². The number of pyridine rings is 1. The number of morpholine rings is 1. The van der Waals surface area contributed by atoms with Crippen molar-refractivity contribution in [2.45, 2.75) is 12.7 Å². The monoisotopic (exact) mass is 515 g/mol. The maximum atomic E-state index is 13.6. The van der Waals surface area contributed by atoms with Gasteiger partial charge in [-0.1, -0.05) is 17.7 Å². The Kier molecular flexibility index (Phi) is 6.65. The third-order valence-corrected chi connectivity index (χ3v) is 6.11. The smallest absolute Gasteiger partial charge is 0.379 e. The molecule has 0 bridgehead atoms. The van der Waals surface area contributed by atoms with Crippen molar-refractivity contribution in [3.05, 3.63) is 76.6 Å². The molecule has 186 valence electrons. The van der Waals surface area contributed by atoms with E-state index in [4.69, 9.17) is 16.3 Å². The molecule has 1 amide bonds. The van der Waals surface area contributed by atoms with Crippen molar-refractivity contribution in [3.8, 4) is 11.4 Å². The number of nitrogens with one attached hydrogen (secondary N) is 2. The molecule has 7 nitrogen and oxygen atoms in total. The number of aromatic nitrogens is 3. The number of carbonyl (C=O) groups is 1. The summed E-state index contributed by atoms with van der Waals surface area (Å²) in [6.07, 6.45) is -3.05. The second-order valence-electron chi connectivity index (χ2n) is 8.36. The number of ether oxygens (including phenoxy) is 1. The maximum absolute atomic E-state index is 13.6. The van der Waals surface area contributed by atoms with E-state index < -0.39 is 17.6 Å². The zero-order valence-corrected chi connectivity index (χ0v) is 19.7. The Labute approximate surface area is 209 Å². The number of nitrogens with zero attached hydrogens (tertiary/aromatic N) is 3. The molecule has 1 fully saturated rings. The van der Waals surface area contributed by atoms with Gasteiger partial charge in [-0.25, -0.2) is 4.98 Å². The van der Waals surface area contributed by atoms with Crippen LogP contribution in [0.2, 0.25) is 5.02 Å². The van der Waals surface area contributed by atoms with Crippen LogP contribution in [0.5, 0.6) is 0 Å². The van der Waals surface area contributed by atoms with E-state index in [9.17, 15) is 18.0 Å². The molecule has 0 spiro atoms. The van der Waals surface area contributed by atoms with Gasteiger partial charge in [-0.3, -0.25) is 14.7 Å². The maximum Gasteiger partial charge on any atom is 0.417 e. The summed E-state index contributed by atoms with van der Waals surface area (Å²) in [5.41, 5.74) is 1.20. The molecule has 5 rings (SSSR count). The van der Waals surface area contributed by atoms with Crippen LogP contribution in [0.25, 0.3) is 22.4 Å². The molecule has 0 radical (unpaired) electrons. The highest BCUT2D eigenvalue weighted by Crippen LogP contribution is 2.38. The van der Waals surface area contributed by atoms with Gasteiger partial charge in [0.05, 0.1) is 47.4 Å². The summed E-state index contributed by atoms with van der Waals surface area (Å²) in [7, 11) is 0. The predicted molar refractivity (Wildman–Crippen MR) is 130 cm³/mol. The molecule has 0 unspecified atom stereocenters. The van der Waals surface area contributed by atoms with Gasteiger partial charge in [-0.15, -0.1) is 0 Å². The first-order valence-corrected chi connectivity index (χ1v) is 11.6. The predicted octanol–water partition coefficient (Wildman–Crippen LogP) is 5.38. The number of anilines is 1. The third-order valence-electron chi connectivity index (χ3n) is 5.87. The second-order valence-corrected chi connectivity index (χ2v) is 8.79. The minimum absolute atomic E-state index is 0.0108. The molecule has 3 heterocycles. The molecular formula is C25H21ClF3N5O2. The van der Waals surface area contributed by atoms with Crippen LogP contribution in [0.4, 0.5) is 18.9 Å². The number of rotatable bonds is 5. The van der Waals surface area contributed by atoms with Crippen molar-refractivity contribution in [2.75, 3.05) is 31.6 Å². The lowest BCUT2D eigenvalue weighted by molar-refractivity contribution is -0.137. The van der Waals surface area contributed by atoms with E-state index >= 15 is 0 Å². The topological polar surface area (TPSA) is 83.1 Å². The summed E-state index contributed by atoms with van der Waals surface area (Å²) in [5.74, 6) is -0.461. The van der Waals surface area contributed by atoms with Crippen LogP contribution in [0.15, 0.2) is 54.7 Å².